The fourth-order valence-corrected chi connectivity index (χ4v) is 4.23. The third-order valence-corrected chi connectivity index (χ3v) is 5.23. The van der Waals surface area contributed by atoms with Gasteiger partial charge >= 0.3 is 0 Å². The second-order valence-corrected chi connectivity index (χ2v) is 6.61. The number of fused-ring (bicyclic) bond motifs is 1. The lowest BCUT2D eigenvalue weighted by Gasteiger charge is -2.36. The van der Waals surface area contributed by atoms with Crippen molar-refractivity contribution in [3.63, 3.8) is 0 Å². The molecular weight excluding hydrogens is 269 g/mol. The van der Waals surface area contributed by atoms with E-state index in [9.17, 15) is 4.39 Å². The van der Waals surface area contributed by atoms with Gasteiger partial charge in [-0.2, -0.15) is 11.8 Å². The van der Waals surface area contributed by atoms with Crippen LogP contribution in [0.4, 0.5) is 4.39 Å². The first-order chi connectivity index (χ1) is 8.54. The Morgan fingerprint density at radius 2 is 2.22 bits per heavy atom. The van der Waals surface area contributed by atoms with Crippen LogP contribution in [0.15, 0.2) is 12.1 Å². The Morgan fingerprint density at radius 1 is 1.50 bits per heavy atom. The van der Waals surface area contributed by atoms with Crippen molar-refractivity contribution in [3.05, 3.63) is 34.1 Å². The Bertz CT molecular complexity index is 436. The normalized spacial score (nSPS) is 23.2. The Balaban J connectivity index is 2.45. The van der Waals surface area contributed by atoms with Crippen LogP contribution >= 0.6 is 23.4 Å². The van der Waals surface area contributed by atoms with Crippen LogP contribution in [0.1, 0.15) is 37.9 Å². The van der Waals surface area contributed by atoms with Gasteiger partial charge in [0.05, 0.1) is 0 Å². The number of thioether (sulfide) groups is 1. The van der Waals surface area contributed by atoms with Crippen LogP contribution in [-0.2, 0) is 5.75 Å². The number of halogens is 2. The molecule has 0 aliphatic carbocycles. The van der Waals surface area contributed by atoms with Crippen molar-refractivity contribution < 1.29 is 4.39 Å². The van der Waals surface area contributed by atoms with E-state index in [1.165, 1.54) is 6.07 Å². The molecule has 2 atom stereocenters. The van der Waals surface area contributed by atoms with E-state index in [4.69, 9.17) is 11.6 Å². The van der Waals surface area contributed by atoms with Crippen LogP contribution in [0.2, 0.25) is 5.02 Å². The minimum Gasteiger partial charge on any atom is -0.309 e. The fourth-order valence-electron chi connectivity index (χ4n) is 2.53. The largest absolute Gasteiger partial charge is 0.309 e. The minimum absolute atomic E-state index is 0.171. The molecule has 0 radical (unpaired) electrons. The summed E-state index contributed by atoms with van der Waals surface area (Å²) in [5, 5.41) is 4.44. The predicted molar refractivity (Wildman–Crippen MR) is 77.7 cm³/mol. The highest BCUT2D eigenvalue weighted by molar-refractivity contribution is 7.99. The van der Waals surface area contributed by atoms with Gasteiger partial charge in [-0.25, -0.2) is 4.39 Å². The van der Waals surface area contributed by atoms with Gasteiger partial charge in [-0.3, -0.25) is 0 Å². The van der Waals surface area contributed by atoms with E-state index in [1.807, 2.05) is 17.8 Å². The zero-order valence-corrected chi connectivity index (χ0v) is 12.5. The average molecular weight is 288 g/mol. The molecule has 0 aromatic heterocycles. The van der Waals surface area contributed by atoms with Crippen molar-refractivity contribution in [2.75, 3.05) is 6.54 Å². The summed E-state index contributed by atoms with van der Waals surface area (Å²) < 4.78 is 13.9. The van der Waals surface area contributed by atoms with Gasteiger partial charge in [0.1, 0.15) is 5.82 Å². The van der Waals surface area contributed by atoms with Crippen LogP contribution in [0.3, 0.4) is 0 Å². The molecule has 1 aromatic rings. The Morgan fingerprint density at radius 3 is 2.83 bits per heavy atom. The third kappa shape index (κ3) is 2.68. The maximum Gasteiger partial charge on any atom is 0.129 e. The molecule has 1 heterocycles. The first-order valence-corrected chi connectivity index (χ1v) is 7.80. The van der Waals surface area contributed by atoms with Gasteiger partial charge in [0, 0.05) is 27.6 Å². The van der Waals surface area contributed by atoms with Gasteiger partial charge < -0.3 is 5.32 Å². The summed E-state index contributed by atoms with van der Waals surface area (Å²) in [6.45, 7) is 7.39. The van der Waals surface area contributed by atoms with Gasteiger partial charge in [0.2, 0.25) is 0 Å². The number of hydrogen-bond acceptors (Lipinski definition) is 2. The van der Waals surface area contributed by atoms with Crippen LogP contribution < -0.4 is 5.32 Å². The van der Waals surface area contributed by atoms with Crippen LogP contribution in [-0.4, -0.2) is 11.8 Å². The lowest BCUT2D eigenvalue weighted by molar-refractivity contribution is 0.443. The van der Waals surface area contributed by atoms with Crippen LogP contribution in [0.25, 0.3) is 0 Å². The number of hydrogen-bond donors (Lipinski definition) is 1. The molecule has 1 nitrogen and oxygen atoms in total. The number of benzene rings is 1. The van der Waals surface area contributed by atoms with Crippen molar-refractivity contribution in [1.29, 1.82) is 0 Å². The van der Waals surface area contributed by atoms with Gasteiger partial charge in [-0.05, 0) is 30.2 Å². The zero-order chi connectivity index (χ0) is 13.3. The summed E-state index contributed by atoms with van der Waals surface area (Å²) in [4.78, 5) is 0. The highest BCUT2D eigenvalue weighted by Gasteiger charge is 2.33. The van der Waals surface area contributed by atoms with E-state index in [2.05, 4.69) is 26.1 Å². The molecule has 0 spiro atoms. The first-order valence-electron chi connectivity index (χ1n) is 6.37. The molecule has 0 saturated heterocycles. The van der Waals surface area contributed by atoms with Crippen molar-refractivity contribution in [2.45, 2.75) is 37.8 Å². The Labute approximate surface area is 117 Å². The van der Waals surface area contributed by atoms with E-state index >= 15 is 0 Å². The summed E-state index contributed by atoms with van der Waals surface area (Å²) in [6, 6.07) is 3.53. The van der Waals surface area contributed by atoms with Gasteiger partial charge in [-0.15, -0.1) is 0 Å². The molecule has 0 saturated carbocycles. The average Bonchev–Trinajstić information content (AvgIpc) is 2.29. The quantitative estimate of drug-likeness (QED) is 0.884. The molecule has 0 amide bonds. The maximum atomic E-state index is 13.9. The van der Waals surface area contributed by atoms with E-state index in [0.717, 1.165) is 23.4 Å². The summed E-state index contributed by atoms with van der Waals surface area (Å²) in [7, 11) is 0. The third-order valence-electron chi connectivity index (χ3n) is 3.36. The summed E-state index contributed by atoms with van der Waals surface area (Å²) >= 11 is 7.84. The fraction of sp³-hybridized carbons (Fsp3) is 0.571. The second kappa shape index (κ2) is 5.81. The van der Waals surface area contributed by atoms with Crippen LogP contribution in [0, 0.1) is 11.7 Å². The second-order valence-electron chi connectivity index (χ2n) is 5.01. The minimum atomic E-state index is -0.171. The van der Waals surface area contributed by atoms with E-state index < -0.39 is 0 Å². The molecule has 4 heteroatoms. The zero-order valence-electron chi connectivity index (χ0n) is 11.0. The molecule has 1 aliphatic heterocycles. The molecule has 0 fully saturated rings. The highest BCUT2D eigenvalue weighted by Crippen LogP contribution is 2.42. The Kier molecular flexibility index (Phi) is 4.57. The van der Waals surface area contributed by atoms with Crippen molar-refractivity contribution in [2.24, 2.45) is 5.92 Å². The molecule has 18 heavy (non-hydrogen) atoms. The molecular formula is C14H19ClFNS. The number of rotatable bonds is 3. The van der Waals surface area contributed by atoms with Gasteiger partial charge in [0.15, 0.2) is 0 Å². The van der Waals surface area contributed by atoms with Gasteiger partial charge in [0.25, 0.3) is 0 Å². The molecule has 0 bridgehead atoms. The lowest BCUT2D eigenvalue weighted by atomic mass is 9.92. The molecule has 100 valence electrons. The van der Waals surface area contributed by atoms with E-state index in [0.29, 0.717) is 16.2 Å². The highest BCUT2D eigenvalue weighted by atomic mass is 35.5. The topological polar surface area (TPSA) is 12.0 Å². The monoisotopic (exact) mass is 287 g/mol. The number of nitrogens with one attached hydrogen (secondary N) is 1. The summed E-state index contributed by atoms with van der Waals surface area (Å²) in [5.74, 6) is 1.12. The van der Waals surface area contributed by atoms with Crippen molar-refractivity contribution >= 4 is 23.4 Å². The van der Waals surface area contributed by atoms with Gasteiger partial charge in [-0.1, -0.05) is 32.4 Å². The summed E-state index contributed by atoms with van der Waals surface area (Å²) in [5.41, 5.74) is 1.85. The lowest BCUT2D eigenvalue weighted by Crippen LogP contribution is -2.36. The van der Waals surface area contributed by atoms with Crippen LogP contribution in [0.5, 0.6) is 0 Å². The Hall–Kier alpha value is -0.250. The maximum absolute atomic E-state index is 13.9. The predicted octanol–water partition coefficient (Wildman–Crippen LogP) is 4.40. The molecule has 1 aromatic carbocycles. The molecule has 2 unspecified atom stereocenters. The molecule has 2 rings (SSSR count). The standard InChI is InChI=1S/C14H19ClFNS/c1-4-17-13-10-5-9(15)6-12(16)11(10)7-18-14(13)8(2)3/h5-6,8,13-14,17H,4,7H2,1-3H3. The smallest absolute Gasteiger partial charge is 0.129 e. The van der Waals surface area contributed by atoms with E-state index in [-0.39, 0.29) is 11.9 Å². The van der Waals surface area contributed by atoms with Crippen molar-refractivity contribution in [3.8, 4) is 0 Å². The SMILES string of the molecule is CCNC1c2cc(Cl)cc(F)c2CSC1C(C)C. The molecule has 1 aliphatic rings. The summed E-state index contributed by atoms with van der Waals surface area (Å²) in [6.07, 6.45) is 0. The van der Waals surface area contributed by atoms with E-state index in [1.54, 1.807) is 0 Å². The van der Waals surface area contributed by atoms with Crippen molar-refractivity contribution in [1.82, 2.24) is 5.32 Å². The molecule has 1 N–H and O–H groups in total. The first kappa shape index (κ1) is 14.2.